The number of carbonyl (C=O) groups excluding carboxylic acids is 1. The largest absolute Gasteiger partial charge is 0.433 e. The zero-order valence-electron chi connectivity index (χ0n) is 16.6. The van der Waals surface area contributed by atoms with Gasteiger partial charge in [-0.25, -0.2) is 0 Å². The van der Waals surface area contributed by atoms with E-state index in [-0.39, 0.29) is 24.7 Å². The van der Waals surface area contributed by atoms with Crippen molar-refractivity contribution in [3.63, 3.8) is 0 Å². The minimum Gasteiger partial charge on any atom is -0.392 e. The molecule has 1 fully saturated rings. The molecule has 0 unspecified atom stereocenters. The monoisotopic (exact) mass is 462 g/mol. The molecule has 9 heteroatoms. The number of alkyl halides is 3. The second-order valence-corrected chi connectivity index (χ2v) is 7.93. The van der Waals surface area contributed by atoms with Crippen LogP contribution in [0.4, 0.5) is 18.9 Å². The van der Waals surface area contributed by atoms with E-state index in [1.54, 1.807) is 48.5 Å². The second kappa shape index (κ2) is 8.54. The van der Waals surface area contributed by atoms with Crippen LogP contribution in [0.5, 0.6) is 0 Å². The maximum atomic E-state index is 13.0. The third kappa shape index (κ3) is 4.21. The van der Waals surface area contributed by atoms with Gasteiger partial charge in [0.2, 0.25) is 5.91 Å². The van der Waals surface area contributed by atoms with Gasteiger partial charge < -0.3 is 15.2 Å². The van der Waals surface area contributed by atoms with Crippen molar-refractivity contribution >= 4 is 23.2 Å². The molecular weight excluding hydrogens is 445 g/mol. The lowest BCUT2D eigenvalue weighted by Gasteiger charge is -2.40. The molecule has 0 bridgehead atoms. The van der Waals surface area contributed by atoms with Crippen molar-refractivity contribution < 1.29 is 27.8 Å². The molecule has 1 aliphatic rings. The third-order valence-electron chi connectivity index (χ3n) is 5.43. The summed E-state index contributed by atoms with van der Waals surface area (Å²) in [5.41, 5.74) is 0.448. The molecule has 32 heavy (non-hydrogen) atoms. The van der Waals surface area contributed by atoms with E-state index in [1.807, 2.05) is 0 Å². The van der Waals surface area contributed by atoms with Gasteiger partial charge in [0.05, 0.1) is 19.8 Å². The molecule has 166 valence electrons. The van der Waals surface area contributed by atoms with Crippen molar-refractivity contribution in [2.45, 2.75) is 18.2 Å². The van der Waals surface area contributed by atoms with Crippen LogP contribution in [-0.4, -0.2) is 29.2 Å². The summed E-state index contributed by atoms with van der Waals surface area (Å²) in [5.74, 6) is -0.230. The van der Waals surface area contributed by atoms with Gasteiger partial charge in [-0.2, -0.15) is 13.2 Å². The Kier molecular flexibility index (Phi) is 5.94. The molecule has 3 aromatic rings. The molecule has 0 saturated carbocycles. The maximum absolute atomic E-state index is 13.0. The number of pyridine rings is 1. The van der Waals surface area contributed by atoms with Crippen molar-refractivity contribution in [3.05, 3.63) is 82.6 Å². The van der Waals surface area contributed by atoms with Gasteiger partial charge in [0.15, 0.2) is 0 Å². The fraction of sp³-hybridized carbons (Fsp3) is 0.217. The molecule has 5 nitrogen and oxygen atoms in total. The number of aliphatic hydroxyl groups is 1. The van der Waals surface area contributed by atoms with Crippen LogP contribution in [-0.2, 0) is 27.7 Å². The fourth-order valence-corrected chi connectivity index (χ4v) is 3.66. The van der Waals surface area contributed by atoms with Crippen LogP contribution in [0.3, 0.4) is 0 Å². The first-order valence-corrected chi connectivity index (χ1v) is 10.0. The molecule has 2 N–H and O–H groups in total. The Morgan fingerprint density at radius 2 is 1.78 bits per heavy atom. The minimum atomic E-state index is -4.60. The van der Waals surface area contributed by atoms with Crippen LogP contribution in [0.25, 0.3) is 11.1 Å². The van der Waals surface area contributed by atoms with E-state index < -0.39 is 23.9 Å². The van der Waals surface area contributed by atoms with Crippen LogP contribution in [0.2, 0.25) is 5.02 Å². The number of aliphatic hydroxyl groups excluding tert-OH is 1. The highest BCUT2D eigenvalue weighted by Crippen LogP contribution is 2.36. The SMILES string of the molecule is O=C(Nc1ccc(Cl)cc1)C1(c2ccc(-c3cnc(C(F)(F)F)cc3CO)cc2)COC1. The molecule has 4 rings (SSSR count). The number of hydrogen-bond acceptors (Lipinski definition) is 4. The van der Waals surface area contributed by atoms with E-state index in [9.17, 15) is 23.1 Å². The minimum absolute atomic E-state index is 0.113. The predicted octanol–water partition coefficient (Wildman–Crippen LogP) is 4.82. The topological polar surface area (TPSA) is 71.5 Å². The molecule has 1 saturated heterocycles. The molecule has 2 aromatic carbocycles. The summed E-state index contributed by atoms with van der Waals surface area (Å²) in [7, 11) is 0. The average molecular weight is 463 g/mol. The molecule has 0 atom stereocenters. The quantitative estimate of drug-likeness (QED) is 0.570. The summed E-state index contributed by atoms with van der Waals surface area (Å²) in [4.78, 5) is 16.5. The van der Waals surface area contributed by atoms with E-state index in [2.05, 4.69) is 10.3 Å². The number of ether oxygens (including phenoxy) is 1. The van der Waals surface area contributed by atoms with Crippen molar-refractivity contribution in [3.8, 4) is 11.1 Å². The molecule has 0 aliphatic carbocycles. The zero-order chi connectivity index (χ0) is 22.9. The Labute approximate surface area is 186 Å². The van der Waals surface area contributed by atoms with Crippen LogP contribution in [0, 0.1) is 0 Å². The highest BCUT2D eigenvalue weighted by molar-refractivity contribution is 6.30. The number of halogens is 4. The second-order valence-electron chi connectivity index (χ2n) is 7.50. The smallest absolute Gasteiger partial charge is 0.392 e. The van der Waals surface area contributed by atoms with Gasteiger partial charge in [0.1, 0.15) is 11.1 Å². The van der Waals surface area contributed by atoms with Gasteiger partial charge in [-0.3, -0.25) is 9.78 Å². The van der Waals surface area contributed by atoms with Crippen molar-refractivity contribution in [1.29, 1.82) is 0 Å². The van der Waals surface area contributed by atoms with Gasteiger partial charge in [-0.05, 0) is 47.0 Å². The summed E-state index contributed by atoms with van der Waals surface area (Å²) < 4.78 is 44.1. The maximum Gasteiger partial charge on any atom is 0.433 e. The normalized spacial score (nSPS) is 15.2. The molecule has 1 amide bonds. The van der Waals surface area contributed by atoms with Crippen molar-refractivity contribution in [2.24, 2.45) is 0 Å². The first-order chi connectivity index (χ1) is 15.2. The van der Waals surface area contributed by atoms with Gasteiger partial charge in [-0.1, -0.05) is 35.9 Å². The number of nitrogens with zero attached hydrogens (tertiary/aromatic N) is 1. The average Bonchev–Trinajstić information content (AvgIpc) is 2.74. The summed E-state index contributed by atoms with van der Waals surface area (Å²) in [6.45, 7) is -0.158. The first-order valence-electron chi connectivity index (χ1n) is 9.65. The summed E-state index contributed by atoms with van der Waals surface area (Å²) in [6, 6.07) is 14.4. The first kappa shape index (κ1) is 22.3. The van der Waals surface area contributed by atoms with Crippen LogP contribution in [0.15, 0.2) is 60.8 Å². The summed E-state index contributed by atoms with van der Waals surface area (Å²) in [5, 5.41) is 13.0. The molecule has 1 aliphatic heterocycles. The lowest BCUT2D eigenvalue weighted by atomic mass is 9.77. The van der Waals surface area contributed by atoms with Gasteiger partial charge in [-0.15, -0.1) is 0 Å². The van der Waals surface area contributed by atoms with Crippen LogP contribution >= 0.6 is 11.6 Å². The number of amides is 1. The number of benzene rings is 2. The standard InChI is InChI=1S/C23H18ClF3N2O3/c24-17-5-7-18(8-6-17)29-21(31)22(12-32-13-22)16-3-1-14(2-4-16)19-10-28-20(23(25,26)27)9-15(19)11-30/h1-10,30H,11-13H2,(H,29,31). The Balaban J connectivity index is 1.60. The third-order valence-corrected chi connectivity index (χ3v) is 5.68. The van der Waals surface area contributed by atoms with E-state index >= 15 is 0 Å². The lowest BCUT2D eigenvalue weighted by Crippen LogP contribution is -2.55. The molecular formula is C23H18ClF3N2O3. The van der Waals surface area contributed by atoms with E-state index in [4.69, 9.17) is 16.3 Å². The number of rotatable bonds is 5. The Bertz CT molecular complexity index is 1130. The number of nitrogens with one attached hydrogen (secondary N) is 1. The summed E-state index contributed by atoms with van der Waals surface area (Å²) in [6.07, 6.45) is -3.50. The lowest BCUT2D eigenvalue weighted by molar-refractivity contribution is -0.141. The molecule has 0 radical (unpaired) electrons. The fourth-order valence-electron chi connectivity index (χ4n) is 3.53. The number of aromatic nitrogens is 1. The number of hydrogen-bond donors (Lipinski definition) is 2. The Morgan fingerprint density at radius 3 is 2.31 bits per heavy atom. The highest BCUT2D eigenvalue weighted by Gasteiger charge is 2.47. The van der Waals surface area contributed by atoms with Gasteiger partial charge >= 0.3 is 6.18 Å². The van der Waals surface area contributed by atoms with Crippen molar-refractivity contribution in [1.82, 2.24) is 4.98 Å². The Hall–Kier alpha value is -2.94. The zero-order valence-corrected chi connectivity index (χ0v) is 17.4. The Morgan fingerprint density at radius 1 is 1.12 bits per heavy atom. The molecule has 1 aromatic heterocycles. The van der Waals surface area contributed by atoms with E-state index in [0.717, 1.165) is 12.3 Å². The van der Waals surface area contributed by atoms with Gasteiger partial charge in [0.25, 0.3) is 0 Å². The summed E-state index contributed by atoms with van der Waals surface area (Å²) >= 11 is 5.88. The molecule has 0 spiro atoms. The van der Waals surface area contributed by atoms with Crippen molar-refractivity contribution in [2.75, 3.05) is 18.5 Å². The van der Waals surface area contributed by atoms with Crippen LogP contribution in [0.1, 0.15) is 16.8 Å². The van der Waals surface area contributed by atoms with Gasteiger partial charge in [0, 0.05) is 22.5 Å². The highest BCUT2D eigenvalue weighted by atomic mass is 35.5. The van der Waals surface area contributed by atoms with E-state index in [0.29, 0.717) is 27.4 Å². The van der Waals surface area contributed by atoms with E-state index in [1.165, 1.54) is 0 Å². The molecule has 2 heterocycles. The predicted molar refractivity (Wildman–Crippen MR) is 113 cm³/mol. The number of carbonyl (C=O) groups is 1. The van der Waals surface area contributed by atoms with Crippen LogP contribution < -0.4 is 5.32 Å². The number of anilines is 1.